The fraction of sp³-hybridized carbons (Fsp3) is 0. The summed E-state index contributed by atoms with van der Waals surface area (Å²) in [7, 11) is -6.13. The molecule has 0 amide bonds. The topological polar surface area (TPSA) is 17.8 Å². The van der Waals surface area contributed by atoms with Crippen molar-refractivity contribution in [3.05, 3.63) is 303 Å². The van der Waals surface area contributed by atoms with Crippen molar-refractivity contribution in [3.8, 4) is 50.3 Å². The molecule has 0 radical (unpaired) electrons. The fourth-order valence-electron chi connectivity index (χ4n) is 12.8. The molecule has 0 N–H and O–H groups in total. The quantitative estimate of drug-likeness (QED) is 0.104. The monoisotopic (exact) mass is 986 g/mol. The summed E-state index contributed by atoms with van der Waals surface area (Å²) in [5, 5.41) is 13.2. The molecule has 2 nitrogen and oxygen atoms in total. The third-order valence-corrected chi connectivity index (χ3v) is 25.5. The van der Waals surface area contributed by atoms with Crippen LogP contribution in [-0.4, -0.2) is 25.7 Å². The van der Waals surface area contributed by atoms with E-state index in [1.807, 2.05) is 6.20 Å². The van der Waals surface area contributed by atoms with Crippen LogP contribution in [0.15, 0.2) is 303 Å². The van der Waals surface area contributed by atoms with E-state index >= 15 is 0 Å². The molecular formula is C71H50N2Si2. The smallest absolute Gasteiger partial charge is 0.179 e. The summed E-state index contributed by atoms with van der Waals surface area (Å²) in [6, 6.07) is 112. The van der Waals surface area contributed by atoms with E-state index in [1.54, 1.807) is 0 Å². The molecule has 352 valence electrons. The van der Waals surface area contributed by atoms with Gasteiger partial charge in [0.15, 0.2) is 16.1 Å². The van der Waals surface area contributed by atoms with Crippen LogP contribution in [-0.2, 0) is 0 Å². The van der Waals surface area contributed by atoms with Gasteiger partial charge >= 0.3 is 0 Å². The van der Waals surface area contributed by atoms with Gasteiger partial charge in [-0.1, -0.05) is 267 Å². The van der Waals surface area contributed by atoms with Crippen LogP contribution in [0.1, 0.15) is 0 Å². The number of hydrogen-bond acceptors (Lipinski definition) is 1. The predicted octanol–water partition coefficient (Wildman–Crippen LogP) is 11.9. The number of hydrogen-bond donors (Lipinski definition) is 0. The predicted molar refractivity (Wildman–Crippen MR) is 321 cm³/mol. The average molecular weight is 987 g/mol. The van der Waals surface area contributed by atoms with E-state index in [2.05, 4.69) is 302 Å². The number of benzene rings is 11. The van der Waals surface area contributed by atoms with Crippen molar-refractivity contribution in [1.82, 2.24) is 9.55 Å². The first-order valence-electron chi connectivity index (χ1n) is 25.9. The highest BCUT2D eigenvalue weighted by Crippen LogP contribution is 2.46. The van der Waals surface area contributed by atoms with Crippen molar-refractivity contribution in [1.29, 1.82) is 0 Å². The van der Waals surface area contributed by atoms with Crippen molar-refractivity contribution >= 4 is 79.4 Å². The number of fused-ring (bicyclic) bond motifs is 11. The zero-order valence-electron chi connectivity index (χ0n) is 41.3. The van der Waals surface area contributed by atoms with Crippen LogP contribution < -0.4 is 41.5 Å². The van der Waals surface area contributed by atoms with Gasteiger partial charge in [0, 0.05) is 33.8 Å². The van der Waals surface area contributed by atoms with Crippen molar-refractivity contribution in [3.63, 3.8) is 0 Å². The zero-order valence-corrected chi connectivity index (χ0v) is 43.3. The van der Waals surface area contributed by atoms with Crippen molar-refractivity contribution in [2.75, 3.05) is 0 Å². The second kappa shape index (κ2) is 18.4. The maximum Gasteiger partial charge on any atom is 0.179 e. The van der Waals surface area contributed by atoms with E-state index in [9.17, 15) is 0 Å². The molecular weight excluding hydrogens is 937 g/mol. The number of pyridine rings is 1. The van der Waals surface area contributed by atoms with Gasteiger partial charge < -0.3 is 4.57 Å². The van der Waals surface area contributed by atoms with E-state index in [-0.39, 0.29) is 0 Å². The van der Waals surface area contributed by atoms with Crippen molar-refractivity contribution < 1.29 is 0 Å². The maximum absolute atomic E-state index is 5.09. The summed E-state index contributed by atoms with van der Waals surface area (Å²) in [5.41, 5.74) is 12.9. The van der Waals surface area contributed by atoms with Gasteiger partial charge in [-0.2, -0.15) is 0 Å². The summed E-state index contributed by atoms with van der Waals surface area (Å²) in [6.45, 7) is 0. The van der Waals surface area contributed by atoms with E-state index in [1.165, 1.54) is 91.1 Å². The molecule has 0 aliphatic heterocycles. The SMILES string of the molecule is c1ccc([Si](c2ccccc2)(c2ccc([Si](c3ccccc3)(c3ccccc3)c3ccc4c(c3)-c3ccccc3-c3ccccc3-c3ncccc3-4)cc2)c2cccc(-n3c4ccccc4c4ccccc43)c2)cc1. The van der Waals surface area contributed by atoms with Crippen LogP contribution in [0.2, 0.25) is 0 Å². The molecule has 11 aromatic carbocycles. The molecule has 0 unspecified atom stereocenters. The van der Waals surface area contributed by atoms with Crippen molar-refractivity contribution in [2.45, 2.75) is 0 Å². The Balaban J connectivity index is 1.03. The number of rotatable bonds is 9. The Labute approximate surface area is 440 Å². The summed E-state index contributed by atoms with van der Waals surface area (Å²) in [6.07, 6.45) is 1.93. The summed E-state index contributed by atoms with van der Waals surface area (Å²) in [4.78, 5) is 5.09. The standard InChI is InChI=1S/C71H50N2Si2/c1-5-24-52(25-6-1)74(53-26-7-2-8-27-53,58-32-21-23-51(49-58)73-69-40-19-17-36-64(69)65-37-18-20-41-70(65)73)56-42-44-57(45-43-56)75(54-28-9-3-10-29-54,55-30-11-4-12-31-55)59-46-47-63-67-39-22-48-72-71(67)66-38-16-15-34-61(66)60-33-13-14-35-62(60)68(63)50-59/h1-50H. The van der Waals surface area contributed by atoms with E-state index in [0.717, 1.165) is 22.5 Å². The average Bonchev–Trinajstić information content (AvgIpc) is 3.85. The van der Waals surface area contributed by atoms with Crippen LogP contribution in [0.3, 0.4) is 0 Å². The molecule has 1 aliphatic carbocycles. The minimum absolute atomic E-state index is 1.01. The molecule has 2 aromatic heterocycles. The molecule has 0 atom stereocenters. The first-order valence-corrected chi connectivity index (χ1v) is 29.9. The second-order valence-corrected chi connectivity index (χ2v) is 27.3. The Morgan fingerprint density at radius 1 is 0.240 bits per heavy atom. The van der Waals surface area contributed by atoms with E-state index in [0.29, 0.717) is 0 Å². The van der Waals surface area contributed by atoms with Gasteiger partial charge in [0.1, 0.15) is 0 Å². The Morgan fingerprint density at radius 2 is 0.600 bits per heavy atom. The first kappa shape index (κ1) is 44.5. The van der Waals surface area contributed by atoms with Gasteiger partial charge in [-0.15, -0.1) is 0 Å². The molecule has 13 aromatic rings. The molecule has 1 aliphatic rings. The maximum atomic E-state index is 5.09. The lowest BCUT2D eigenvalue weighted by atomic mass is 9.83. The summed E-state index contributed by atoms with van der Waals surface area (Å²) < 4.78 is 2.46. The Bertz CT molecular complexity index is 4090. The lowest BCUT2D eigenvalue weighted by Gasteiger charge is -2.37. The summed E-state index contributed by atoms with van der Waals surface area (Å²) >= 11 is 0. The summed E-state index contributed by atoms with van der Waals surface area (Å²) in [5.74, 6) is 0. The third kappa shape index (κ3) is 7.02. The van der Waals surface area contributed by atoms with Gasteiger partial charge in [-0.25, -0.2) is 0 Å². The van der Waals surface area contributed by atoms with Crippen LogP contribution >= 0.6 is 0 Å². The second-order valence-electron chi connectivity index (χ2n) is 19.7. The number of aromatic nitrogens is 2. The van der Waals surface area contributed by atoms with Crippen LogP contribution in [0.25, 0.3) is 72.1 Å². The van der Waals surface area contributed by atoms with E-state index in [4.69, 9.17) is 4.98 Å². The lowest BCUT2D eigenvalue weighted by Crippen LogP contribution is -2.76. The normalized spacial score (nSPS) is 12.0. The van der Waals surface area contributed by atoms with Crippen LogP contribution in [0.5, 0.6) is 0 Å². The molecule has 0 saturated heterocycles. The van der Waals surface area contributed by atoms with Gasteiger partial charge in [-0.3, -0.25) is 4.98 Å². The molecule has 0 fully saturated rings. The Hall–Kier alpha value is -9.20. The molecule has 4 heteroatoms. The van der Waals surface area contributed by atoms with E-state index < -0.39 is 16.1 Å². The van der Waals surface area contributed by atoms with Crippen LogP contribution in [0.4, 0.5) is 0 Å². The Kier molecular flexibility index (Phi) is 10.9. The highest BCUT2D eigenvalue weighted by Gasteiger charge is 2.45. The Morgan fingerprint density at radius 3 is 1.12 bits per heavy atom. The third-order valence-electron chi connectivity index (χ3n) is 15.9. The van der Waals surface area contributed by atoms with Gasteiger partial charge in [-0.05, 0) is 99.6 Å². The molecule has 75 heavy (non-hydrogen) atoms. The molecule has 0 spiro atoms. The largest absolute Gasteiger partial charge is 0.309 e. The number of nitrogens with zero attached hydrogens (tertiary/aromatic N) is 2. The lowest BCUT2D eigenvalue weighted by molar-refractivity contribution is 1.18. The fourth-order valence-corrected chi connectivity index (χ4v) is 22.3. The molecule has 0 saturated carbocycles. The van der Waals surface area contributed by atoms with Gasteiger partial charge in [0.2, 0.25) is 0 Å². The highest BCUT2D eigenvalue weighted by atomic mass is 28.3. The van der Waals surface area contributed by atoms with Crippen molar-refractivity contribution in [2.24, 2.45) is 0 Å². The first-order chi connectivity index (χ1) is 37.2. The molecule has 0 bridgehead atoms. The number of para-hydroxylation sites is 2. The van der Waals surface area contributed by atoms with Gasteiger partial charge in [0.25, 0.3) is 0 Å². The minimum Gasteiger partial charge on any atom is -0.309 e. The zero-order chi connectivity index (χ0) is 49.8. The van der Waals surface area contributed by atoms with Gasteiger partial charge in [0.05, 0.1) is 16.7 Å². The minimum atomic E-state index is -3.09. The molecule has 2 heterocycles. The van der Waals surface area contributed by atoms with Crippen LogP contribution in [0, 0.1) is 0 Å². The molecule has 14 rings (SSSR count). The highest BCUT2D eigenvalue weighted by molar-refractivity contribution is 7.21.